The van der Waals surface area contributed by atoms with Crippen LogP contribution in [0.3, 0.4) is 0 Å². The van der Waals surface area contributed by atoms with Crippen LogP contribution in [0.2, 0.25) is 0 Å². The molecule has 1 aromatic carbocycles. The second-order valence-corrected chi connectivity index (χ2v) is 5.13. The molecule has 0 aliphatic rings. The number of hydrogen-bond donors (Lipinski definition) is 0. The first-order valence-electron chi connectivity index (χ1n) is 6.75. The lowest BCUT2D eigenvalue weighted by atomic mass is 9.97. The Balaban J connectivity index is 2.41. The Morgan fingerprint density at radius 2 is 1.89 bits per heavy atom. The fourth-order valence-corrected chi connectivity index (χ4v) is 2.31. The summed E-state index contributed by atoms with van der Waals surface area (Å²) in [5, 5.41) is 9.09. The Morgan fingerprint density at radius 1 is 1.26 bits per heavy atom. The zero-order valence-corrected chi connectivity index (χ0v) is 12.1. The van der Waals surface area contributed by atoms with Crippen molar-refractivity contribution < 1.29 is 0 Å². The molecule has 1 atom stereocenters. The van der Waals surface area contributed by atoms with Gasteiger partial charge >= 0.3 is 0 Å². The normalized spacial score (nSPS) is 12.2. The van der Waals surface area contributed by atoms with E-state index in [0.29, 0.717) is 5.92 Å². The number of aromatic nitrogens is 1. The number of nitriles is 1. The maximum Gasteiger partial charge on any atom is 0.101 e. The molecule has 1 unspecified atom stereocenters. The molecule has 0 bridgehead atoms. The van der Waals surface area contributed by atoms with Crippen LogP contribution >= 0.6 is 0 Å². The summed E-state index contributed by atoms with van der Waals surface area (Å²) in [7, 11) is 2.01. The summed E-state index contributed by atoms with van der Waals surface area (Å²) in [6.45, 7) is 6.43. The van der Waals surface area contributed by atoms with Gasteiger partial charge in [-0.25, -0.2) is 0 Å². The quantitative estimate of drug-likeness (QED) is 0.796. The van der Waals surface area contributed by atoms with Crippen molar-refractivity contribution in [2.24, 2.45) is 7.05 Å². The average molecular weight is 252 g/mol. The third-order valence-corrected chi connectivity index (χ3v) is 4.04. The predicted molar refractivity (Wildman–Crippen MR) is 79.0 cm³/mol. The zero-order valence-electron chi connectivity index (χ0n) is 12.1. The molecule has 2 aromatic rings. The molecule has 0 amide bonds. The minimum atomic E-state index is 0.596. The molecule has 0 spiro atoms. The van der Waals surface area contributed by atoms with Gasteiger partial charge < -0.3 is 4.57 Å². The van der Waals surface area contributed by atoms with Crippen molar-refractivity contribution in [1.29, 1.82) is 5.26 Å². The zero-order chi connectivity index (χ0) is 14.0. The van der Waals surface area contributed by atoms with Crippen LogP contribution in [-0.4, -0.2) is 4.57 Å². The molecule has 0 radical (unpaired) electrons. The highest BCUT2D eigenvalue weighted by molar-refractivity contribution is 5.64. The summed E-state index contributed by atoms with van der Waals surface area (Å²) in [6, 6.07) is 12.9. The van der Waals surface area contributed by atoms with E-state index in [-0.39, 0.29) is 0 Å². The molecule has 98 valence electrons. The third kappa shape index (κ3) is 2.42. The van der Waals surface area contributed by atoms with Gasteiger partial charge in [0.15, 0.2) is 0 Å². The van der Waals surface area contributed by atoms with Crippen LogP contribution in [0.25, 0.3) is 11.3 Å². The van der Waals surface area contributed by atoms with E-state index in [4.69, 9.17) is 5.26 Å². The van der Waals surface area contributed by atoms with E-state index in [0.717, 1.165) is 23.4 Å². The lowest BCUT2D eigenvalue weighted by Gasteiger charge is -2.10. The van der Waals surface area contributed by atoms with Crippen molar-refractivity contribution in [1.82, 2.24) is 4.57 Å². The van der Waals surface area contributed by atoms with Crippen LogP contribution < -0.4 is 0 Å². The Hall–Kier alpha value is -2.01. The maximum absolute atomic E-state index is 9.09. The van der Waals surface area contributed by atoms with Crippen LogP contribution in [0.4, 0.5) is 0 Å². The maximum atomic E-state index is 9.09. The molecular formula is C17H20N2. The number of nitrogens with zero attached hydrogens (tertiary/aromatic N) is 2. The summed E-state index contributed by atoms with van der Waals surface area (Å²) in [6.07, 6.45) is 1.15. The number of benzene rings is 1. The van der Waals surface area contributed by atoms with E-state index in [1.54, 1.807) is 0 Å². The molecule has 0 aliphatic heterocycles. The van der Waals surface area contributed by atoms with Crippen molar-refractivity contribution in [3.63, 3.8) is 0 Å². The fourth-order valence-electron chi connectivity index (χ4n) is 2.31. The molecule has 2 heteroatoms. The van der Waals surface area contributed by atoms with Gasteiger partial charge in [-0.3, -0.25) is 0 Å². The third-order valence-electron chi connectivity index (χ3n) is 4.04. The van der Waals surface area contributed by atoms with Crippen molar-refractivity contribution in [3.8, 4) is 17.3 Å². The van der Waals surface area contributed by atoms with E-state index >= 15 is 0 Å². The van der Waals surface area contributed by atoms with E-state index in [2.05, 4.69) is 48.7 Å². The molecule has 1 aromatic heterocycles. The smallest absolute Gasteiger partial charge is 0.101 e. The predicted octanol–water partition coefficient (Wildman–Crippen LogP) is 4.39. The second-order valence-electron chi connectivity index (χ2n) is 5.13. The van der Waals surface area contributed by atoms with Crippen molar-refractivity contribution in [2.45, 2.75) is 33.1 Å². The van der Waals surface area contributed by atoms with Gasteiger partial charge in [0, 0.05) is 18.4 Å². The highest BCUT2D eigenvalue weighted by atomic mass is 15.0. The summed E-state index contributed by atoms with van der Waals surface area (Å²) >= 11 is 0. The lowest BCUT2D eigenvalue weighted by Crippen LogP contribution is -1.95. The molecule has 0 saturated carbocycles. The van der Waals surface area contributed by atoms with Gasteiger partial charge in [0.25, 0.3) is 0 Å². The van der Waals surface area contributed by atoms with Gasteiger partial charge in [-0.15, -0.1) is 0 Å². The average Bonchev–Trinajstić information content (AvgIpc) is 2.74. The molecule has 2 rings (SSSR count). The first kappa shape index (κ1) is 13.4. The highest BCUT2D eigenvalue weighted by Gasteiger charge is 2.10. The van der Waals surface area contributed by atoms with E-state index < -0.39 is 0 Å². The van der Waals surface area contributed by atoms with Crippen LogP contribution in [0, 0.1) is 18.3 Å². The largest absolute Gasteiger partial charge is 0.347 e. The van der Waals surface area contributed by atoms with E-state index in [1.807, 2.05) is 20.0 Å². The molecule has 0 N–H and O–H groups in total. The Labute approximate surface area is 115 Å². The highest BCUT2D eigenvalue weighted by Crippen LogP contribution is 2.27. The van der Waals surface area contributed by atoms with E-state index in [9.17, 15) is 0 Å². The van der Waals surface area contributed by atoms with Crippen LogP contribution in [0.15, 0.2) is 30.3 Å². The molecule has 1 heterocycles. The van der Waals surface area contributed by atoms with Crippen molar-refractivity contribution in [2.75, 3.05) is 0 Å². The summed E-state index contributed by atoms with van der Waals surface area (Å²) in [4.78, 5) is 0. The van der Waals surface area contributed by atoms with Gasteiger partial charge in [-0.05, 0) is 36.5 Å². The Kier molecular flexibility index (Phi) is 3.76. The Bertz CT molecular complexity index is 612. The summed E-state index contributed by atoms with van der Waals surface area (Å²) in [5.74, 6) is 0.596. The lowest BCUT2D eigenvalue weighted by molar-refractivity contribution is 0.733. The SMILES string of the molecule is CCC(C)c1ccc(-c2cc(C#N)c(C)n2C)cc1. The number of hydrogen-bond acceptors (Lipinski definition) is 1. The van der Waals surface area contributed by atoms with Gasteiger partial charge in [0.1, 0.15) is 6.07 Å². The molecular weight excluding hydrogens is 232 g/mol. The summed E-state index contributed by atoms with van der Waals surface area (Å²) in [5.41, 5.74) is 5.41. The molecule has 0 fully saturated rings. The van der Waals surface area contributed by atoms with Crippen LogP contribution in [-0.2, 0) is 7.05 Å². The fraction of sp³-hybridized carbons (Fsp3) is 0.353. The number of rotatable bonds is 3. The van der Waals surface area contributed by atoms with Gasteiger partial charge in [-0.2, -0.15) is 5.26 Å². The van der Waals surface area contributed by atoms with Crippen LogP contribution in [0.5, 0.6) is 0 Å². The van der Waals surface area contributed by atoms with Crippen molar-refractivity contribution >= 4 is 0 Å². The van der Waals surface area contributed by atoms with Gasteiger partial charge in [0.2, 0.25) is 0 Å². The summed E-state index contributed by atoms with van der Waals surface area (Å²) < 4.78 is 2.08. The molecule has 0 saturated heterocycles. The van der Waals surface area contributed by atoms with Crippen LogP contribution in [0.1, 0.15) is 43.0 Å². The molecule has 0 aliphatic carbocycles. The van der Waals surface area contributed by atoms with Gasteiger partial charge in [-0.1, -0.05) is 38.1 Å². The van der Waals surface area contributed by atoms with Gasteiger partial charge in [0.05, 0.1) is 5.56 Å². The van der Waals surface area contributed by atoms with Crippen molar-refractivity contribution in [3.05, 3.63) is 47.2 Å². The topological polar surface area (TPSA) is 28.7 Å². The standard InChI is InChI=1S/C17H20N2/c1-5-12(2)14-6-8-15(9-7-14)17-10-16(11-18)13(3)19(17)4/h6-10,12H,5H2,1-4H3. The minimum Gasteiger partial charge on any atom is -0.347 e. The minimum absolute atomic E-state index is 0.596. The Morgan fingerprint density at radius 3 is 2.37 bits per heavy atom. The monoisotopic (exact) mass is 252 g/mol. The first-order chi connectivity index (χ1) is 9.08. The first-order valence-corrected chi connectivity index (χ1v) is 6.75. The van der Waals surface area contributed by atoms with E-state index in [1.165, 1.54) is 11.1 Å². The molecule has 19 heavy (non-hydrogen) atoms. The molecule has 2 nitrogen and oxygen atoms in total. The second kappa shape index (κ2) is 5.32.